The second kappa shape index (κ2) is 5.53. The lowest BCUT2D eigenvalue weighted by molar-refractivity contribution is -0.118. The normalized spacial score (nSPS) is 10.7. The highest BCUT2D eigenvalue weighted by Gasteiger charge is 2.13. The fourth-order valence-corrected chi connectivity index (χ4v) is 2.67. The maximum absolute atomic E-state index is 10.9. The second-order valence-corrected chi connectivity index (χ2v) is 4.89. The van der Waals surface area contributed by atoms with Gasteiger partial charge in [-0.3, -0.25) is 4.79 Å². The summed E-state index contributed by atoms with van der Waals surface area (Å²) in [6, 6.07) is 1.87. The van der Waals surface area contributed by atoms with Crippen LogP contribution in [0.2, 0.25) is 5.02 Å². The van der Waals surface area contributed by atoms with E-state index in [0.717, 1.165) is 28.5 Å². The van der Waals surface area contributed by atoms with Gasteiger partial charge in [-0.05, 0) is 25.0 Å². The van der Waals surface area contributed by atoms with Gasteiger partial charge < -0.3 is 15.0 Å². The minimum Gasteiger partial charge on any atom is -0.495 e. The van der Waals surface area contributed by atoms with Crippen molar-refractivity contribution in [1.82, 2.24) is 10.3 Å². The van der Waals surface area contributed by atoms with Gasteiger partial charge in [0.15, 0.2) is 0 Å². The molecule has 0 aliphatic heterocycles. The highest BCUT2D eigenvalue weighted by atomic mass is 35.5. The molecule has 0 saturated heterocycles. The van der Waals surface area contributed by atoms with E-state index in [1.807, 2.05) is 19.2 Å². The zero-order valence-corrected chi connectivity index (χ0v) is 12.0. The summed E-state index contributed by atoms with van der Waals surface area (Å²) < 4.78 is 5.34. The number of rotatable bonds is 4. The molecule has 0 spiro atoms. The first-order valence-electron chi connectivity index (χ1n) is 6.12. The number of hydrogen-bond acceptors (Lipinski definition) is 2. The van der Waals surface area contributed by atoms with Gasteiger partial charge in [-0.25, -0.2) is 0 Å². The Morgan fingerprint density at radius 3 is 2.89 bits per heavy atom. The van der Waals surface area contributed by atoms with Crippen molar-refractivity contribution in [1.29, 1.82) is 0 Å². The molecule has 0 aliphatic rings. The number of benzene rings is 1. The average molecular weight is 281 g/mol. The number of halogens is 1. The molecule has 19 heavy (non-hydrogen) atoms. The lowest BCUT2D eigenvalue weighted by Crippen LogP contribution is -2.22. The van der Waals surface area contributed by atoms with Crippen LogP contribution in [0.15, 0.2) is 12.3 Å². The predicted molar refractivity (Wildman–Crippen MR) is 77.0 cm³/mol. The van der Waals surface area contributed by atoms with Crippen molar-refractivity contribution < 1.29 is 9.53 Å². The van der Waals surface area contributed by atoms with Gasteiger partial charge >= 0.3 is 0 Å². The van der Waals surface area contributed by atoms with Crippen molar-refractivity contribution in [2.45, 2.75) is 20.3 Å². The van der Waals surface area contributed by atoms with Crippen LogP contribution < -0.4 is 10.1 Å². The van der Waals surface area contributed by atoms with Gasteiger partial charge in [0.05, 0.1) is 12.1 Å². The number of aryl methyl sites for hydroxylation is 1. The van der Waals surface area contributed by atoms with Gasteiger partial charge in [0.1, 0.15) is 5.75 Å². The Morgan fingerprint density at radius 2 is 2.26 bits per heavy atom. The third-order valence-corrected chi connectivity index (χ3v) is 3.45. The van der Waals surface area contributed by atoms with E-state index in [1.54, 1.807) is 7.11 Å². The molecule has 0 atom stereocenters. The first-order chi connectivity index (χ1) is 9.04. The van der Waals surface area contributed by atoms with Crippen molar-refractivity contribution in [2.75, 3.05) is 13.7 Å². The van der Waals surface area contributed by atoms with E-state index < -0.39 is 0 Å². The van der Waals surface area contributed by atoms with Gasteiger partial charge in [0.2, 0.25) is 5.91 Å². The zero-order valence-electron chi connectivity index (χ0n) is 11.3. The first-order valence-corrected chi connectivity index (χ1v) is 6.50. The summed E-state index contributed by atoms with van der Waals surface area (Å²) in [5.74, 6) is 0.687. The number of methoxy groups -OCH3 is 1. The van der Waals surface area contributed by atoms with E-state index in [9.17, 15) is 4.79 Å². The van der Waals surface area contributed by atoms with Gasteiger partial charge in [0.25, 0.3) is 0 Å². The second-order valence-electron chi connectivity index (χ2n) is 4.49. The highest BCUT2D eigenvalue weighted by molar-refractivity contribution is 6.33. The first kappa shape index (κ1) is 13.7. The molecule has 2 N–H and O–H groups in total. The van der Waals surface area contributed by atoms with E-state index in [4.69, 9.17) is 16.3 Å². The van der Waals surface area contributed by atoms with E-state index in [-0.39, 0.29) is 5.91 Å². The fourth-order valence-electron chi connectivity index (χ4n) is 2.34. The summed E-state index contributed by atoms with van der Waals surface area (Å²) in [5.41, 5.74) is 3.15. The maximum atomic E-state index is 10.9. The molecule has 5 heteroatoms. The fraction of sp³-hybridized carbons (Fsp3) is 0.357. The molecule has 0 bridgehead atoms. The van der Waals surface area contributed by atoms with Crippen LogP contribution in [0.25, 0.3) is 10.9 Å². The number of carbonyl (C=O) groups excluding carboxylic acids is 1. The van der Waals surface area contributed by atoms with Crippen LogP contribution in [0.3, 0.4) is 0 Å². The molecule has 1 aromatic heterocycles. The summed E-state index contributed by atoms with van der Waals surface area (Å²) in [6.07, 6.45) is 2.72. The molecule has 0 radical (unpaired) electrons. The van der Waals surface area contributed by atoms with Gasteiger partial charge in [-0.15, -0.1) is 0 Å². The lowest BCUT2D eigenvalue weighted by Gasteiger charge is -2.10. The molecule has 0 unspecified atom stereocenters. The maximum Gasteiger partial charge on any atom is 0.216 e. The van der Waals surface area contributed by atoms with Crippen LogP contribution in [0, 0.1) is 6.92 Å². The molecule has 0 saturated carbocycles. The minimum atomic E-state index is -0.0165. The Morgan fingerprint density at radius 1 is 1.53 bits per heavy atom. The Bertz CT molecular complexity index is 619. The topological polar surface area (TPSA) is 54.1 Å². The Kier molecular flexibility index (Phi) is 4.00. The van der Waals surface area contributed by atoms with Crippen LogP contribution in [0.4, 0.5) is 0 Å². The van der Waals surface area contributed by atoms with Gasteiger partial charge in [-0.2, -0.15) is 0 Å². The zero-order chi connectivity index (χ0) is 14.0. The molecule has 2 rings (SSSR count). The van der Waals surface area contributed by atoms with Crippen molar-refractivity contribution in [2.24, 2.45) is 0 Å². The number of aromatic nitrogens is 1. The Balaban J connectivity index is 2.38. The Labute approximate surface area is 117 Å². The summed E-state index contributed by atoms with van der Waals surface area (Å²) in [6.45, 7) is 4.12. The highest BCUT2D eigenvalue weighted by Crippen LogP contribution is 2.36. The molecule has 1 aromatic carbocycles. The van der Waals surface area contributed by atoms with Crippen LogP contribution in [0.5, 0.6) is 5.75 Å². The van der Waals surface area contributed by atoms with Crippen LogP contribution >= 0.6 is 11.6 Å². The molecule has 0 aliphatic carbocycles. The largest absolute Gasteiger partial charge is 0.495 e. The smallest absolute Gasteiger partial charge is 0.216 e. The van der Waals surface area contributed by atoms with Crippen molar-refractivity contribution in [3.8, 4) is 5.75 Å². The summed E-state index contributed by atoms with van der Waals surface area (Å²) in [4.78, 5) is 14.1. The van der Waals surface area contributed by atoms with Crippen molar-refractivity contribution in [3.63, 3.8) is 0 Å². The summed E-state index contributed by atoms with van der Waals surface area (Å²) in [7, 11) is 1.61. The molecular formula is C14H17ClN2O2. The standard InChI is InChI=1S/C14H17ClN2O2/c1-8-13-10(4-5-16-9(2)18)7-17-12(13)6-11(15)14(8)19-3/h6-7,17H,4-5H2,1-3H3,(H,16,18). The third kappa shape index (κ3) is 2.68. The summed E-state index contributed by atoms with van der Waals surface area (Å²) in [5, 5.41) is 4.51. The van der Waals surface area contributed by atoms with E-state index in [0.29, 0.717) is 17.3 Å². The number of amides is 1. The number of aromatic amines is 1. The number of H-pyrrole nitrogens is 1. The molecule has 1 amide bonds. The lowest BCUT2D eigenvalue weighted by atomic mass is 10.0. The Hall–Kier alpha value is -1.68. The molecule has 0 fully saturated rings. The molecule has 4 nitrogen and oxygen atoms in total. The number of nitrogens with one attached hydrogen (secondary N) is 2. The summed E-state index contributed by atoms with van der Waals surface area (Å²) >= 11 is 6.16. The predicted octanol–water partition coefficient (Wildman–Crippen LogP) is 2.82. The molecule has 2 aromatic rings. The van der Waals surface area contributed by atoms with Crippen LogP contribution in [-0.2, 0) is 11.2 Å². The monoisotopic (exact) mass is 280 g/mol. The molecule has 1 heterocycles. The molecular weight excluding hydrogens is 264 g/mol. The average Bonchev–Trinajstić information content (AvgIpc) is 2.72. The van der Waals surface area contributed by atoms with Crippen LogP contribution in [-0.4, -0.2) is 24.5 Å². The number of ether oxygens (including phenoxy) is 1. The third-order valence-electron chi connectivity index (χ3n) is 3.17. The SMILES string of the molecule is COc1c(Cl)cc2[nH]cc(CCNC(C)=O)c2c1C. The van der Waals surface area contributed by atoms with Crippen molar-refractivity contribution in [3.05, 3.63) is 28.4 Å². The molecule has 102 valence electrons. The number of carbonyl (C=O) groups is 1. The van der Waals surface area contributed by atoms with E-state index in [2.05, 4.69) is 10.3 Å². The quantitative estimate of drug-likeness (QED) is 0.905. The number of hydrogen-bond donors (Lipinski definition) is 2. The van der Waals surface area contributed by atoms with E-state index in [1.165, 1.54) is 6.92 Å². The van der Waals surface area contributed by atoms with Gasteiger partial charge in [0, 0.05) is 36.1 Å². The number of fused-ring (bicyclic) bond motifs is 1. The van der Waals surface area contributed by atoms with Crippen LogP contribution in [0.1, 0.15) is 18.1 Å². The van der Waals surface area contributed by atoms with Gasteiger partial charge in [-0.1, -0.05) is 11.6 Å². The minimum absolute atomic E-state index is 0.0165. The van der Waals surface area contributed by atoms with E-state index >= 15 is 0 Å². The van der Waals surface area contributed by atoms with Crippen molar-refractivity contribution >= 4 is 28.4 Å².